The van der Waals surface area contributed by atoms with Gasteiger partial charge in [0, 0.05) is 102 Å². The summed E-state index contributed by atoms with van der Waals surface area (Å²) in [7, 11) is 0. The first-order chi connectivity index (χ1) is 46.6. The van der Waals surface area contributed by atoms with E-state index in [9.17, 15) is 0 Å². The molecule has 9 heteroatoms. The Morgan fingerprint density at radius 1 is 0.242 bits per heavy atom. The van der Waals surface area contributed by atoms with Gasteiger partial charge in [0.1, 0.15) is 0 Å². The lowest BCUT2D eigenvalue weighted by atomic mass is 9.80. The molecule has 0 fully saturated rings. The molecule has 3 amide bonds. The Labute approximate surface area is 583 Å². The van der Waals surface area contributed by atoms with Gasteiger partial charge in [-0.1, -0.05) is 216 Å². The van der Waals surface area contributed by atoms with E-state index >= 15 is 14.4 Å². The number of nitrogens with zero attached hydrogens (tertiary/aromatic N) is 6. The second-order valence-corrected chi connectivity index (χ2v) is 33.2. The van der Waals surface area contributed by atoms with E-state index in [4.69, 9.17) is 15.0 Å². The highest BCUT2D eigenvalue weighted by Crippen LogP contribution is 2.44. The zero-order chi connectivity index (χ0) is 70.6. The van der Waals surface area contributed by atoms with Crippen LogP contribution in [0.4, 0.5) is 34.1 Å². The third-order valence-electron chi connectivity index (χ3n) is 19.5. The average Bonchev–Trinajstić information content (AvgIpc) is 0.742. The predicted octanol–water partition coefficient (Wildman–Crippen LogP) is 23.5. The Bertz CT molecular complexity index is 4780. The lowest BCUT2D eigenvalue weighted by molar-refractivity contribution is 0.0998. The van der Waals surface area contributed by atoms with Gasteiger partial charge in [-0.2, -0.15) is 0 Å². The highest BCUT2D eigenvalue weighted by molar-refractivity contribution is 6.20. The van der Waals surface area contributed by atoms with E-state index < -0.39 is 17.7 Å². The number of aromatic nitrogens is 3. The largest absolute Gasteiger partial charge is 0.277 e. The monoisotopic (exact) mass is 1300 g/mol. The van der Waals surface area contributed by atoms with Crippen molar-refractivity contribution in [2.75, 3.05) is 14.7 Å². The number of pyridine rings is 3. The van der Waals surface area contributed by atoms with Gasteiger partial charge in [0.05, 0.1) is 16.6 Å². The smallest absolute Gasteiger partial charge is 0.262 e. The standard InChI is InChI=1S/C90H90N6O3/c1-85(2,3)64-46-65(86(4,5)6)50-73(49-64)94(70-31-34-76-58(43-70)28-25-55-22-19-37-91-79(55)76)82(97)61-40-62(83(98)95(74-51-66(87(7,8)9)47-67(52-74)88(10,11)12)71-32-35-77-59(44-71)29-26-56-23-20-38-92-80(56)77)42-63(41-61)84(99)96(75-53-68(89(13,14)15)48-69(54-75)90(16,17)18)72-33-36-78-60(45-72)30-27-57-24-21-39-93-81(57)78/h19-54H,1-18H3. The first kappa shape index (κ1) is 67.2. The summed E-state index contributed by atoms with van der Waals surface area (Å²) in [6.45, 7) is 39.4. The third-order valence-corrected chi connectivity index (χ3v) is 19.5. The molecule has 0 saturated carbocycles. The van der Waals surface area contributed by atoms with Gasteiger partial charge in [-0.15, -0.1) is 0 Å². The molecule has 13 aromatic rings. The Morgan fingerprint density at radius 2 is 0.465 bits per heavy atom. The van der Waals surface area contributed by atoms with Crippen LogP contribution in [0.15, 0.2) is 219 Å². The van der Waals surface area contributed by atoms with Gasteiger partial charge in [0.25, 0.3) is 17.7 Å². The van der Waals surface area contributed by atoms with Crippen LogP contribution in [0.5, 0.6) is 0 Å². The van der Waals surface area contributed by atoms with E-state index in [0.717, 1.165) is 98.4 Å². The predicted molar refractivity (Wildman–Crippen MR) is 415 cm³/mol. The first-order valence-corrected chi connectivity index (χ1v) is 34.6. The van der Waals surface area contributed by atoms with Crippen molar-refractivity contribution in [3.05, 3.63) is 269 Å². The summed E-state index contributed by atoms with van der Waals surface area (Å²) in [6, 6.07) is 67.2. The van der Waals surface area contributed by atoms with Crippen molar-refractivity contribution in [2.24, 2.45) is 0 Å². The van der Waals surface area contributed by atoms with Crippen molar-refractivity contribution in [1.29, 1.82) is 0 Å². The van der Waals surface area contributed by atoms with Gasteiger partial charge >= 0.3 is 0 Å². The summed E-state index contributed by atoms with van der Waals surface area (Å²) in [5.74, 6) is -1.32. The van der Waals surface area contributed by atoms with Crippen LogP contribution >= 0.6 is 0 Å². The number of rotatable bonds is 9. The van der Waals surface area contributed by atoms with Crippen molar-refractivity contribution in [3.8, 4) is 0 Å². The Morgan fingerprint density at radius 3 is 0.687 bits per heavy atom. The quantitative estimate of drug-likeness (QED) is 0.134. The fraction of sp³-hybridized carbons (Fsp3) is 0.267. The fourth-order valence-electron chi connectivity index (χ4n) is 13.4. The Kier molecular flexibility index (Phi) is 16.7. The van der Waals surface area contributed by atoms with Crippen LogP contribution in [0.3, 0.4) is 0 Å². The summed E-state index contributed by atoms with van der Waals surface area (Å²) >= 11 is 0. The maximum atomic E-state index is 17.2. The van der Waals surface area contributed by atoms with Gasteiger partial charge in [-0.25, -0.2) is 0 Å². The number of carbonyl (C=O) groups excluding carboxylic acids is 3. The van der Waals surface area contributed by atoms with Crippen molar-refractivity contribution in [2.45, 2.75) is 157 Å². The molecular weight excluding hydrogens is 1210 g/mol. The van der Waals surface area contributed by atoms with Gasteiger partial charge in [-0.3, -0.25) is 44.0 Å². The van der Waals surface area contributed by atoms with Gasteiger partial charge < -0.3 is 0 Å². The molecule has 0 radical (unpaired) electrons. The first-order valence-electron chi connectivity index (χ1n) is 34.6. The number of amides is 3. The van der Waals surface area contributed by atoms with Crippen LogP contribution in [0.2, 0.25) is 0 Å². The molecule has 0 atom stereocenters. The zero-order valence-corrected chi connectivity index (χ0v) is 60.7. The number of anilines is 6. The lowest BCUT2D eigenvalue weighted by Crippen LogP contribution is -2.31. The molecule has 0 aliphatic rings. The van der Waals surface area contributed by atoms with Gasteiger partial charge in [-0.05, 0) is 191 Å². The Balaban J connectivity index is 1.11. The van der Waals surface area contributed by atoms with Crippen LogP contribution in [-0.4, -0.2) is 32.7 Å². The number of hydrogen-bond donors (Lipinski definition) is 0. The summed E-state index contributed by atoms with van der Waals surface area (Å²) < 4.78 is 0. The molecule has 0 aliphatic heterocycles. The van der Waals surface area contributed by atoms with Crippen LogP contribution in [0.1, 0.15) is 189 Å². The van der Waals surface area contributed by atoms with Crippen LogP contribution in [0, 0.1) is 0 Å². The second kappa shape index (κ2) is 24.6. The number of hydrogen-bond acceptors (Lipinski definition) is 6. The SMILES string of the molecule is CC(C)(C)c1cc(N(C(=O)c2cc(C(=O)N(c3cc(C(C)(C)C)cc(C(C)(C)C)c3)c3ccc4c(ccc5cccnc54)c3)cc(C(=O)N(c3cc(C(C)(C)C)cc(C(C)(C)C)c3)c3ccc4c(ccc5cccnc54)c3)c2)c2ccc3c(ccc4cccnc43)c2)cc(C(C)(C)C)c1. The van der Waals surface area contributed by atoms with E-state index in [1.165, 1.54) is 0 Å². The van der Waals surface area contributed by atoms with E-state index in [0.29, 0.717) is 34.1 Å². The highest BCUT2D eigenvalue weighted by atomic mass is 16.2. The molecule has 0 saturated heterocycles. The molecule has 0 bridgehead atoms. The molecule has 0 aliphatic carbocycles. The minimum atomic E-state index is -0.439. The molecule has 0 spiro atoms. The number of fused-ring (bicyclic) bond motifs is 9. The molecular formula is C90H90N6O3. The number of carbonyl (C=O) groups is 3. The summed E-state index contributed by atoms with van der Waals surface area (Å²) in [5.41, 5.74) is 11.0. The van der Waals surface area contributed by atoms with Gasteiger partial charge in [0.2, 0.25) is 0 Å². The van der Waals surface area contributed by atoms with Crippen LogP contribution < -0.4 is 14.7 Å². The van der Waals surface area contributed by atoms with Crippen LogP contribution in [-0.2, 0) is 32.5 Å². The van der Waals surface area contributed by atoms with Crippen LogP contribution in [0.25, 0.3) is 65.0 Å². The molecule has 13 rings (SSSR count). The number of benzene rings is 10. The van der Waals surface area contributed by atoms with E-state index in [-0.39, 0.29) is 49.2 Å². The molecule has 3 heterocycles. The van der Waals surface area contributed by atoms with Crippen molar-refractivity contribution >= 4 is 117 Å². The Hall–Kier alpha value is -10.4. The van der Waals surface area contributed by atoms with E-state index in [1.807, 2.05) is 72.8 Å². The lowest BCUT2D eigenvalue weighted by Gasteiger charge is -2.32. The van der Waals surface area contributed by atoms with E-state index in [2.05, 4.69) is 234 Å². The molecule has 3 aromatic heterocycles. The normalized spacial score (nSPS) is 12.7. The highest BCUT2D eigenvalue weighted by Gasteiger charge is 2.34. The summed E-state index contributed by atoms with van der Waals surface area (Å²) in [6.07, 6.45) is 5.42. The zero-order valence-electron chi connectivity index (χ0n) is 60.7. The summed E-state index contributed by atoms with van der Waals surface area (Å²) in [4.78, 5) is 71.3. The van der Waals surface area contributed by atoms with E-state index in [1.54, 1.807) is 51.5 Å². The third kappa shape index (κ3) is 13.2. The van der Waals surface area contributed by atoms with Crippen molar-refractivity contribution in [1.82, 2.24) is 15.0 Å². The summed E-state index contributed by atoms with van der Waals surface area (Å²) in [5, 5.41) is 8.50. The minimum absolute atomic E-state index is 0.132. The molecule has 0 unspecified atom stereocenters. The molecule has 498 valence electrons. The second-order valence-electron chi connectivity index (χ2n) is 33.2. The van der Waals surface area contributed by atoms with Crippen molar-refractivity contribution < 1.29 is 14.4 Å². The fourth-order valence-corrected chi connectivity index (χ4v) is 13.4. The molecule has 99 heavy (non-hydrogen) atoms. The minimum Gasteiger partial charge on any atom is -0.277 e. The van der Waals surface area contributed by atoms with Crippen molar-refractivity contribution in [3.63, 3.8) is 0 Å². The maximum absolute atomic E-state index is 17.2. The van der Waals surface area contributed by atoms with Gasteiger partial charge in [0.15, 0.2) is 0 Å². The molecule has 0 N–H and O–H groups in total. The topological polar surface area (TPSA) is 99.6 Å². The maximum Gasteiger partial charge on any atom is 0.262 e. The average molecular weight is 1300 g/mol. The molecule has 10 aromatic carbocycles. The molecule has 9 nitrogen and oxygen atoms in total.